The molecule has 4 aliphatic rings. The summed E-state index contributed by atoms with van der Waals surface area (Å²) in [6.45, 7) is 3.03. The van der Waals surface area contributed by atoms with E-state index in [2.05, 4.69) is 22.9 Å². The Morgan fingerprint density at radius 2 is 1.96 bits per heavy atom. The molecule has 4 aromatic rings. The van der Waals surface area contributed by atoms with Crippen LogP contribution in [0.4, 0.5) is 19.0 Å². The number of phenolic OH excluding ortho intramolecular Hbond substituents is 1. The van der Waals surface area contributed by atoms with E-state index in [1.54, 1.807) is 6.07 Å². The minimum absolute atomic E-state index is 0.00758. The Hall–Kier alpha value is -3.31. The number of aromatic nitrogens is 3. The van der Waals surface area contributed by atoms with Crippen LogP contribution in [-0.4, -0.2) is 125 Å². The molecule has 2 aromatic heterocycles. The van der Waals surface area contributed by atoms with E-state index in [1.807, 2.05) is 4.90 Å². The first-order chi connectivity index (χ1) is 23.2. The molecule has 1 amide bonds. The third-order valence-electron chi connectivity index (χ3n) is 10.6. The molecule has 14 heteroatoms. The van der Waals surface area contributed by atoms with Crippen molar-refractivity contribution in [3.63, 3.8) is 0 Å². The molecule has 4 saturated heterocycles. The fourth-order valence-electron chi connectivity index (χ4n) is 8.51. The average Bonchev–Trinajstić information content (AvgIpc) is 3.69. The number of nitrogens with zero attached hydrogens (tertiary/aromatic N) is 6. The first-order valence-corrected chi connectivity index (χ1v) is 18.8. The SMILES string of the molecule is O=C(CC[NH][Tl])N1C2CCC1CN(c1nc(OC[C@@]34CCCN3C[C@H](F)C4)nc3c(F)c(-c4cc(O)cc5cccc(F)c45)ncc13)C2. The van der Waals surface area contributed by atoms with E-state index in [4.69, 9.17) is 9.72 Å². The first-order valence-electron chi connectivity index (χ1n) is 16.5. The summed E-state index contributed by atoms with van der Waals surface area (Å²) in [6, 6.07) is 7.12. The van der Waals surface area contributed by atoms with Crippen LogP contribution in [0.5, 0.6) is 11.8 Å². The number of amides is 1. The number of alkyl halides is 1. The van der Waals surface area contributed by atoms with Crippen molar-refractivity contribution in [3.05, 3.63) is 48.2 Å². The zero-order chi connectivity index (χ0) is 33.2. The van der Waals surface area contributed by atoms with Gasteiger partial charge in [0.2, 0.25) is 0 Å². The van der Waals surface area contributed by atoms with Crippen molar-refractivity contribution in [2.75, 3.05) is 44.2 Å². The number of pyridine rings is 1. The summed E-state index contributed by atoms with van der Waals surface area (Å²) in [5.74, 6) is -0.936. The summed E-state index contributed by atoms with van der Waals surface area (Å²) < 4.78 is 55.9. The van der Waals surface area contributed by atoms with Gasteiger partial charge in [0.15, 0.2) is 0 Å². The number of piperazine rings is 1. The van der Waals surface area contributed by atoms with Gasteiger partial charge in [-0.1, -0.05) is 12.1 Å². The summed E-state index contributed by atoms with van der Waals surface area (Å²) in [5, 5.41) is 11.4. The maximum atomic E-state index is 16.8. The van der Waals surface area contributed by atoms with Gasteiger partial charge < -0.3 is 5.11 Å². The number of rotatable bonds is 8. The Bertz CT molecular complexity index is 1910. The van der Waals surface area contributed by atoms with Crippen LogP contribution in [0.3, 0.4) is 0 Å². The van der Waals surface area contributed by atoms with E-state index in [9.17, 15) is 14.3 Å². The second-order valence-corrected chi connectivity index (χ2v) is 15.1. The van der Waals surface area contributed by atoms with Gasteiger partial charge in [-0.15, -0.1) is 0 Å². The van der Waals surface area contributed by atoms with Crippen molar-refractivity contribution < 1.29 is 27.8 Å². The molecule has 0 saturated carbocycles. The molecule has 0 radical (unpaired) electrons. The van der Waals surface area contributed by atoms with Crippen LogP contribution in [0.1, 0.15) is 38.5 Å². The molecule has 0 spiro atoms. The van der Waals surface area contributed by atoms with Gasteiger partial charge in [0.25, 0.3) is 0 Å². The molecule has 48 heavy (non-hydrogen) atoms. The fraction of sp³-hybridized carbons (Fsp3) is 0.471. The number of hydrogen-bond donors (Lipinski definition) is 2. The van der Waals surface area contributed by atoms with Crippen LogP contribution in [0.25, 0.3) is 32.9 Å². The monoisotopic (exact) mass is 851 g/mol. The zero-order valence-electron chi connectivity index (χ0n) is 26.3. The van der Waals surface area contributed by atoms with Gasteiger partial charge in [-0.05, 0) is 43.0 Å². The topological polar surface area (TPSA) is 107 Å². The molecular weight excluding hydrogens is 816 g/mol. The number of halogens is 3. The molecule has 6 heterocycles. The molecular formula is C34H35F3N7O3Tl. The Labute approximate surface area is 291 Å². The van der Waals surface area contributed by atoms with Crippen LogP contribution in [0.15, 0.2) is 36.5 Å². The zero-order valence-corrected chi connectivity index (χ0v) is 30.8. The standard InChI is InChI=1S/C34H35F3N7O3.Tl/c35-20-13-34(8-2-10-43(34)15-20)18-47-33-40-31-25(32(41-33)42-16-21-5-6-22(17-42)44(21)27(46)7-9-38)14-39-30(29(31)37)24-12-23(45)11-19-3-1-4-26(36)28(19)24;/h1,3-4,11-12,14,20-22,38,45H,2,5-10,13,15-18H2;/q-1;+1/t20-,21?,22?,34+;/m1./s1. The normalized spacial score (nSPS) is 25.3. The number of nitrogens with one attached hydrogen (secondary N) is 1. The van der Waals surface area contributed by atoms with Gasteiger partial charge >= 0.3 is 155 Å². The second kappa shape index (κ2) is 12.5. The number of phenols is 1. The summed E-state index contributed by atoms with van der Waals surface area (Å²) in [5.41, 5.74) is -0.572. The molecule has 0 aliphatic carbocycles. The molecule has 10 nitrogen and oxygen atoms in total. The predicted molar refractivity (Wildman–Crippen MR) is 175 cm³/mol. The number of carbonyl (C=O) groups is 1. The summed E-state index contributed by atoms with van der Waals surface area (Å²) in [6.07, 6.45) is 4.84. The molecule has 2 unspecified atom stereocenters. The average molecular weight is 851 g/mol. The van der Waals surface area contributed by atoms with E-state index in [0.29, 0.717) is 81.7 Å². The van der Waals surface area contributed by atoms with Crippen molar-refractivity contribution in [2.45, 2.75) is 62.3 Å². The third-order valence-corrected chi connectivity index (χ3v) is 11.7. The Morgan fingerprint density at radius 1 is 1.15 bits per heavy atom. The molecule has 4 atom stereocenters. The van der Waals surface area contributed by atoms with Crippen LogP contribution in [0.2, 0.25) is 0 Å². The number of aromatic hydroxyl groups is 1. The summed E-state index contributed by atoms with van der Waals surface area (Å²) in [4.78, 5) is 33.2. The van der Waals surface area contributed by atoms with E-state index in [1.165, 1.54) is 30.5 Å². The van der Waals surface area contributed by atoms with Gasteiger partial charge in [-0.3, -0.25) is 4.90 Å². The number of hydrogen-bond acceptors (Lipinski definition) is 9. The first kappa shape index (κ1) is 31.9. The van der Waals surface area contributed by atoms with Crippen molar-refractivity contribution in [1.29, 1.82) is 0 Å². The number of benzene rings is 2. The second-order valence-electron chi connectivity index (χ2n) is 13.5. The van der Waals surface area contributed by atoms with E-state index in [0.717, 1.165) is 32.2 Å². The maximum absolute atomic E-state index is 16.8. The van der Waals surface area contributed by atoms with Gasteiger partial charge in [-0.2, -0.15) is 0 Å². The molecule has 8 rings (SSSR count). The number of anilines is 1. The van der Waals surface area contributed by atoms with Crippen LogP contribution < -0.4 is 12.8 Å². The Morgan fingerprint density at radius 3 is 2.75 bits per heavy atom. The third kappa shape index (κ3) is 5.45. The van der Waals surface area contributed by atoms with Crippen LogP contribution in [-0.2, 0) is 4.79 Å². The number of carbonyl (C=O) groups excluding carboxylic acids is 1. The van der Waals surface area contributed by atoms with Crippen LogP contribution >= 0.6 is 0 Å². The fourth-order valence-corrected chi connectivity index (χ4v) is 9.07. The Kier molecular flexibility index (Phi) is 8.34. The molecule has 4 fully saturated rings. The van der Waals surface area contributed by atoms with Gasteiger partial charge in [0.1, 0.15) is 30.0 Å². The number of ether oxygens (including phenoxy) is 1. The quantitative estimate of drug-likeness (QED) is 0.255. The summed E-state index contributed by atoms with van der Waals surface area (Å²) >= 11 is 0.627. The molecule has 248 valence electrons. The van der Waals surface area contributed by atoms with Gasteiger partial charge in [0.05, 0.1) is 5.54 Å². The Balaban J connectivity index is 1.21. The van der Waals surface area contributed by atoms with Gasteiger partial charge in [-0.25, -0.2) is 13.2 Å². The van der Waals surface area contributed by atoms with Crippen molar-refractivity contribution >= 4 is 59.5 Å². The molecule has 4 aliphatic heterocycles. The molecule has 2 bridgehead atoms. The molecule has 2 aromatic carbocycles. The van der Waals surface area contributed by atoms with E-state index in [-0.39, 0.29) is 58.5 Å². The van der Waals surface area contributed by atoms with Crippen molar-refractivity contribution in [3.8, 4) is 23.0 Å². The van der Waals surface area contributed by atoms with E-state index < -0.39 is 23.3 Å². The minimum atomic E-state index is -0.935. The number of fused-ring (bicyclic) bond motifs is 5. The molecule has 2 N–H and O–H groups in total. The summed E-state index contributed by atoms with van der Waals surface area (Å²) in [7, 11) is 0. The van der Waals surface area contributed by atoms with Crippen LogP contribution in [0, 0.1) is 11.6 Å². The van der Waals surface area contributed by atoms with Crippen molar-refractivity contribution in [1.82, 2.24) is 27.9 Å². The van der Waals surface area contributed by atoms with E-state index >= 15 is 8.78 Å². The van der Waals surface area contributed by atoms with Crippen molar-refractivity contribution in [2.24, 2.45) is 0 Å². The van der Waals surface area contributed by atoms with Gasteiger partial charge in [0, 0.05) is 23.9 Å². The predicted octanol–water partition coefficient (Wildman–Crippen LogP) is 4.03.